The van der Waals surface area contributed by atoms with Crippen LogP contribution < -0.4 is 15.5 Å². The van der Waals surface area contributed by atoms with E-state index < -0.39 is 27.1 Å². The summed E-state index contributed by atoms with van der Waals surface area (Å²) in [4.78, 5) is 33.9. The van der Waals surface area contributed by atoms with Crippen LogP contribution in [0.1, 0.15) is 47.2 Å². The number of carbonyl (C=O) groups excluding carboxylic acids is 1. The van der Waals surface area contributed by atoms with Crippen LogP contribution in [0, 0.1) is 27.2 Å². The molecule has 1 aliphatic rings. The van der Waals surface area contributed by atoms with E-state index in [4.69, 9.17) is 9.15 Å². The summed E-state index contributed by atoms with van der Waals surface area (Å²) in [5.41, 5.74) is 4.25. The van der Waals surface area contributed by atoms with Crippen LogP contribution in [-0.4, -0.2) is 28.1 Å². The highest BCUT2D eigenvalue weighted by Crippen LogP contribution is 2.32. The molecule has 2 N–H and O–H groups in total. The molecule has 0 atom stereocenters. The number of furan rings is 1. The average molecular weight is 493 g/mol. The molecule has 0 unspecified atom stereocenters. The van der Waals surface area contributed by atoms with Crippen molar-refractivity contribution in [3.8, 4) is 5.75 Å². The standard InChI is InChI=1S/C24H23N5O7/c1-3-35-17-10-7-15(8-11-17)25-24(30)23-14(2)22-19(5-4-6-21(22)36-23)27-26-18-12-9-16(28(31)32)13-20(18)29(33)34/h7-13,26H,3-6H2,1-2H3,(H,25,30)/b27-19+. The van der Waals surface area contributed by atoms with Crippen molar-refractivity contribution in [2.75, 3.05) is 17.3 Å². The lowest BCUT2D eigenvalue weighted by Crippen LogP contribution is -2.14. The Labute approximate surface area is 205 Å². The number of benzene rings is 2. The molecule has 1 aromatic heterocycles. The summed E-state index contributed by atoms with van der Waals surface area (Å²) in [6.45, 7) is 4.18. The minimum absolute atomic E-state index is 0.0137. The van der Waals surface area contributed by atoms with Crippen LogP contribution in [0.2, 0.25) is 0 Å². The van der Waals surface area contributed by atoms with Gasteiger partial charge in [0.25, 0.3) is 11.6 Å². The fraction of sp³-hybridized carbons (Fsp3) is 0.250. The molecule has 0 saturated heterocycles. The third kappa shape index (κ3) is 5.02. The molecular weight excluding hydrogens is 470 g/mol. The van der Waals surface area contributed by atoms with Crippen molar-refractivity contribution >= 4 is 34.4 Å². The van der Waals surface area contributed by atoms with Gasteiger partial charge in [-0.3, -0.25) is 30.4 Å². The largest absolute Gasteiger partial charge is 0.494 e. The second kappa shape index (κ2) is 10.3. The monoisotopic (exact) mass is 493 g/mol. The maximum atomic E-state index is 12.9. The second-order valence-corrected chi connectivity index (χ2v) is 8.01. The van der Waals surface area contributed by atoms with Crippen LogP contribution in [0.5, 0.6) is 5.75 Å². The molecule has 0 fully saturated rings. The first-order chi connectivity index (χ1) is 17.3. The van der Waals surface area contributed by atoms with E-state index in [9.17, 15) is 25.0 Å². The first kappa shape index (κ1) is 24.4. The van der Waals surface area contributed by atoms with Crippen LogP contribution in [0.4, 0.5) is 22.7 Å². The summed E-state index contributed by atoms with van der Waals surface area (Å²) in [6.07, 6.45) is 1.88. The third-order valence-corrected chi connectivity index (χ3v) is 5.66. The van der Waals surface area contributed by atoms with Crippen molar-refractivity contribution < 1.29 is 23.8 Å². The Bertz CT molecular complexity index is 1360. The number of hydrazone groups is 1. The summed E-state index contributed by atoms with van der Waals surface area (Å²) >= 11 is 0. The maximum absolute atomic E-state index is 12.9. The highest BCUT2D eigenvalue weighted by atomic mass is 16.6. The van der Waals surface area contributed by atoms with Crippen molar-refractivity contribution in [2.24, 2.45) is 5.10 Å². The van der Waals surface area contributed by atoms with Gasteiger partial charge in [-0.2, -0.15) is 5.10 Å². The van der Waals surface area contributed by atoms with Crippen LogP contribution in [0.3, 0.4) is 0 Å². The first-order valence-corrected chi connectivity index (χ1v) is 11.2. The van der Waals surface area contributed by atoms with E-state index >= 15 is 0 Å². The van der Waals surface area contributed by atoms with Gasteiger partial charge in [0, 0.05) is 29.3 Å². The number of non-ortho nitro benzene ring substituents is 1. The van der Waals surface area contributed by atoms with Gasteiger partial charge in [0.15, 0.2) is 5.76 Å². The number of rotatable bonds is 8. The molecule has 1 amide bonds. The van der Waals surface area contributed by atoms with Gasteiger partial charge < -0.3 is 14.5 Å². The molecule has 4 rings (SSSR count). The number of aryl methyl sites for hydroxylation is 1. The number of carbonyl (C=O) groups is 1. The highest BCUT2D eigenvalue weighted by molar-refractivity contribution is 6.09. The fourth-order valence-electron chi connectivity index (χ4n) is 3.99. The summed E-state index contributed by atoms with van der Waals surface area (Å²) < 4.78 is 11.3. The SMILES string of the molecule is CCOc1ccc(NC(=O)c2oc3c(c2C)/C(=N/Nc2ccc([N+](=O)[O-])cc2[N+](=O)[O-])CCC3)cc1. The van der Waals surface area contributed by atoms with Crippen LogP contribution in [0.25, 0.3) is 0 Å². The van der Waals surface area contributed by atoms with Crippen molar-refractivity contribution in [1.29, 1.82) is 0 Å². The maximum Gasteiger partial charge on any atom is 0.301 e. The molecule has 36 heavy (non-hydrogen) atoms. The molecule has 12 nitrogen and oxygen atoms in total. The molecule has 2 aromatic carbocycles. The quantitative estimate of drug-likeness (QED) is 0.319. The van der Waals surface area contributed by atoms with E-state index in [0.717, 1.165) is 12.1 Å². The Morgan fingerprint density at radius 1 is 1.11 bits per heavy atom. The van der Waals surface area contributed by atoms with Gasteiger partial charge in [0.1, 0.15) is 17.2 Å². The molecule has 12 heteroatoms. The van der Waals surface area contributed by atoms with Gasteiger partial charge in [-0.05, 0) is 57.0 Å². The Morgan fingerprint density at radius 2 is 1.86 bits per heavy atom. The van der Waals surface area contributed by atoms with Crippen LogP contribution in [0.15, 0.2) is 52.0 Å². The normalized spacial score (nSPS) is 13.7. The van der Waals surface area contributed by atoms with E-state index in [0.29, 0.717) is 59.9 Å². The molecule has 1 aliphatic carbocycles. The number of nitrogens with one attached hydrogen (secondary N) is 2. The number of hydrogen-bond acceptors (Lipinski definition) is 9. The highest BCUT2D eigenvalue weighted by Gasteiger charge is 2.28. The summed E-state index contributed by atoms with van der Waals surface area (Å²) in [5.74, 6) is 1.05. The smallest absolute Gasteiger partial charge is 0.301 e. The van der Waals surface area contributed by atoms with E-state index in [1.165, 1.54) is 6.07 Å². The summed E-state index contributed by atoms with van der Waals surface area (Å²) in [6, 6.07) is 10.3. The Morgan fingerprint density at radius 3 is 2.53 bits per heavy atom. The number of anilines is 2. The van der Waals surface area contributed by atoms with Gasteiger partial charge in [-0.1, -0.05) is 0 Å². The number of nitro benzene ring substituents is 2. The fourth-order valence-corrected chi connectivity index (χ4v) is 3.99. The zero-order valence-electron chi connectivity index (χ0n) is 19.6. The lowest BCUT2D eigenvalue weighted by Gasteiger charge is -2.13. The van der Waals surface area contributed by atoms with Gasteiger partial charge in [0.05, 0.1) is 28.2 Å². The summed E-state index contributed by atoms with van der Waals surface area (Å²) in [5, 5.41) is 29.5. The van der Waals surface area contributed by atoms with Gasteiger partial charge in [0.2, 0.25) is 0 Å². The van der Waals surface area contributed by atoms with Gasteiger partial charge >= 0.3 is 5.69 Å². The Balaban J connectivity index is 1.58. The Kier molecular flexibility index (Phi) is 6.95. The zero-order chi connectivity index (χ0) is 25.8. The number of fused-ring (bicyclic) bond motifs is 1. The minimum atomic E-state index is -0.714. The van der Waals surface area contributed by atoms with Crippen LogP contribution >= 0.6 is 0 Å². The zero-order valence-corrected chi connectivity index (χ0v) is 19.6. The Hall–Kier alpha value is -4.74. The van der Waals surface area contributed by atoms with Crippen molar-refractivity contribution in [1.82, 2.24) is 0 Å². The van der Waals surface area contributed by atoms with Crippen LogP contribution in [-0.2, 0) is 6.42 Å². The molecule has 3 aromatic rings. The van der Waals surface area contributed by atoms with Gasteiger partial charge in [-0.15, -0.1) is 0 Å². The molecule has 1 heterocycles. The molecule has 0 bridgehead atoms. The number of amides is 1. The first-order valence-electron chi connectivity index (χ1n) is 11.2. The number of nitrogens with zero attached hydrogens (tertiary/aromatic N) is 3. The lowest BCUT2D eigenvalue weighted by atomic mass is 9.93. The van der Waals surface area contributed by atoms with E-state index in [-0.39, 0.29) is 11.4 Å². The minimum Gasteiger partial charge on any atom is -0.494 e. The van der Waals surface area contributed by atoms with E-state index in [1.54, 1.807) is 31.2 Å². The van der Waals surface area contributed by atoms with E-state index in [2.05, 4.69) is 15.8 Å². The number of nitro groups is 2. The van der Waals surface area contributed by atoms with E-state index in [1.807, 2.05) is 6.92 Å². The third-order valence-electron chi connectivity index (χ3n) is 5.66. The second-order valence-electron chi connectivity index (χ2n) is 8.01. The molecule has 186 valence electrons. The van der Waals surface area contributed by atoms with Crippen molar-refractivity contribution in [3.05, 3.63) is 85.3 Å². The van der Waals surface area contributed by atoms with Gasteiger partial charge in [-0.25, -0.2) is 0 Å². The topological polar surface area (TPSA) is 162 Å². The van der Waals surface area contributed by atoms with Crippen molar-refractivity contribution in [3.63, 3.8) is 0 Å². The molecule has 0 saturated carbocycles. The lowest BCUT2D eigenvalue weighted by molar-refractivity contribution is -0.393. The number of hydrogen-bond donors (Lipinski definition) is 2. The number of ether oxygens (including phenoxy) is 1. The molecule has 0 radical (unpaired) electrons. The molecule has 0 spiro atoms. The molecular formula is C24H23N5O7. The predicted octanol–water partition coefficient (Wildman–Crippen LogP) is 5.21. The summed E-state index contributed by atoms with van der Waals surface area (Å²) in [7, 11) is 0. The van der Waals surface area contributed by atoms with Crippen molar-refractivity contribution in [2.45, 2.75) is 33.1 Å². The predicted molar refractivity (Wildman–Crippen MR) is 132 cm³/mol. The molecule has 0 aliphatic heterocycles. The average Bonchev–Trinajstić information content (AvgIpc) is 3.21.